The van der Waals surface area contributed by atoms with Crippen molar-refractivity contribution in [1.29, 1.82) is 5.26 Å². The van der Waals surface area contributed by atoms with E-state index >= 15 is 0 Å². The van der Waals surface area contributed by atoms with Crippen molar-refractivity contribution >= 4 is 21.8 Å². The van der Waals surface area contributed by atoms with Gasteiger partial charge in [-0.25, -0.2) is 0 Å². The molecule has 0 bridgehead atoms. The summed E-state index contributed by atoms with van der Waals surface area (Å²) in [7, 11) is 0. The second kappa shape index (κ2) is 6.17. The van der Waals surface area contributed by atoms with Crippen LogP contribution in [0.3, 0.4) is 0 Å². The lowest BCUT2D eigenvalue weighted by Crippen LogP contribution is -2.55. The van der Waals surface area contributed by atoms with E-state index in [2.05, 4.69) is 26.9 Å². The van der Waals surface area contributed by atoms with Crippen molar-refractivity contribution in [3.63, 3.8) is 0 Å². The van der Waals surface area contributed by atoms with E-state index in [1.807, 2.05) is 43.9 Å². The van der Waals surface area contributed by atoms with Crippen molar-refractivity contribution in [2.75, 3.05) is 26.2 Å². The summed E-state index contributed by atoms with van der Waals surface area (Å²) >= 11 is 3.47. The molecule has 4 nitrogen and oxygen atoms in total. The van der Waals surface area contributed by atoms with Gasteiger partial charge in [0.2, 0.25) is 0 Å². The molecule has 1 aliphatic rings. The number of piperazine rings is 1. The fraction of sp³-hybridized carbons (Fsp3) is 0.500. The molecule has 21 heavy (non-hydrogen) atoms. The Balaban J connectivity index is 2.04. The smallest absolute Gasteiger partial charge is 0.253 e. The molecular formula is C16H20BrN3O. The third-order valence-corrected chi connectivity index (χ3v) is 4.90. The Morgan fingerprint density at radius 2 is 1.90 bits per heavy atom. The van der Waals surface area contributed by atoms with E-state index in [4.69, 9.17) is 0 Å². The first-order valence-corrected chi connectivity index (χ1v) is 7.86. The van der Waals surface area contributed by atoms with Crippen LogP contribution in [0, 0.1) is 18.3 Å². The van der Waals surface area contributed by atoms with Crippen LogP contribution in [0.15, 0.2) is 22.7 Å². The predicted molar refractivity (Wildman–Crippen MR) is 86.0 cm³/mol. The minimum Gasteiger partial charge on any atom is -0.336 e. The second-order valence-corrected chi connectivity index (χ2v) is 6.77. The number of amides is 1. The van der Waals surface area contributed by atoms with Gasteiger partial charge in [0.05, 0.1) is 6.07 Å². The number of carbonyl (C=O) groups excluding carboxylic acids is 1. The number of benzene rings is 1. The Morgan fingerprint density at radius 3 is 2.43 bits per heavy atom. The maximum absolute atomic E-state index is 12.5. The Hall–Kier alpha value is -1.38. The van der Waals surface area contributed by atoms with Gasteiger partial charge in [0.15, 0.2) is 0 Å². The highest BCUT2D eigenvalue weighted by Crippen LogP contribution is 2.20. The quantitative estimate of drug-likeness (QED) is 0.824. The number of nitriles is 1. The molecule has 0 radical (unpaired) electrons. The summed E-state index contributed by atoms with van der Waals surface area (Å²) < 4.78 is 0.956. The van der Waals surface area contributed by atoms with Crippen LogP contribution in [-0.4, -0.2) is 47.4 Å². The monoisotopic (exact) mass is 349 g/mol. The molecule has 112 valence electrons. The first-order valence-electron chi connectivity index (χ1n) is 7.07. The van der Waals surface area contributed by atoms with Crippen LogP contribution >= 0.6 is 15.9 Å². The lowest BCUT2D eigenvalue weighted by atomic mass is 10.0. The van der Waals surface area contributed by atoms with Gasteiger partial charge < -0.3 is 4.90 Å². The van der Waals surface area contributed by atoms with E-state index in [0.717, 1.165) is 23.1 Å². The lowest BCUT2D eigenvalue weighted by molar-refractivity contribution is 0.0521. The van der Waals surface area contributed by atoms with Crippen LogP contribution in [0.5, 0.6) is 0 Å². The summed E-state index contributed by atoms with van der Waals surface area (Å²) in [6.45, 7) is 8.63. The summed E-state index contributed by atoms with van der Waals surface area (Å²) in [5.41, 5.74) is 1.36. The number of halogens is 1. The maximum Gasteiger partial charge on any atom is 0.253 e. The van der Waals surface area contributed by atoms with E-state index in [1.54, 1.807) is 0 Å². The first-order chi connectivity index (χ1) is 9.85. The topological polar surface area (TPSA) is 47.3 Å². The highest BCUT2D eigenvalue weighted by molar-refractivity contribution is 9.10. The molecule has 1 heterocycles. The summed E-state index contributed by atoms with van der Waals surface area (Å²) in [5, 5.41) is 9.18. The van der Waals surface area contributed by atoms with Crippen LogP contribution < -0.4 is 0 Å². The fourth-order valence-corrected chi connectivity index (χ4v) is 2.83. The maximum atomic E-state index is 12.5. The Kier molecular flexibility index (Phi) is 4.70. The Labute approximate surface area is 134 Å². The molecule has 5 heteroatoms. The lowest BCUT2D eigenvalue weighted by Gasteiger charge is -2.40. The van der Waals surface area contributed by atoms with Gasteiger partial charge in [0.25, 0.3) is 5.91 Å². The fourth-order valence-electron chi connectivity index (χ4n) is 2.45. The molecule has 0 unspecified atom stereocenters. The molecule has 0 N–H and O–H groups in total. The van der Waals surface area contributed by atoms with Crippen molar-refractivity contribution in [3.8, 4) is 6.07 Å². The van der Waals surface area contributed by atoms with E-state index in [-0.39, 0.29) is 5.91 Å². The molecule has 0 aromatic heterocycles. The average Bonchev–Trinajstić information content (AvgIpc) is 2.49. The minimum absolute atomic E-state index is 0.0603. The number of hydrogen-bond acceptors (Lipinski definition) is 3. The molecule has 1 saturated heterocycles. The van der Waals surface area contributed by atoms with Crippen LogP contribution in [0.1, 0.15) is 29.8 Å². The van der Waals surface area contributed by atoms with Gasteiger partial charge in [0, 0.05) is 36.2 Å². The largest absolute Gasteiger partial charge is 0.336 e. The number of nitrogens with zero attached hydrogens (tertiary/aromatic N) is 3. The van der Waals surface area contributed by atoms with Gasteiger partial charge in [0.1, 0.15) is 5.54 Å². The van der Waals surface area contributed by atoms with Gasteiger partial charge in [-0.3, -0.25) is 9.69 Å². The Bertz CT molecular complexity index is 584. The van der Waals surface area contributed by atoms with Gasteiger partial charge in [-0.05, 0) is 38.5 Å². The van der Waals surface area contributed by atoms with Crippen molar-refractivity contribution < 1.29 is 4.79 Å². The van der Waals surface area contributed by atoms with Gasteiger partial charge >= 0.3 is 0 Å². The number of aryl methyl sites for hydroxylation is 1. The summed E-state index contributed by atoms with van der Waals surface area (Å²) in [6, 6.07) is 8.01. The van der Waals surface area contributed by atoms with Crippen molar-refractivity contribution in [3.05, 3.63) is 33.8 Å². The number of hydrogen-bond donors (Lipinski definition) is 0. The van der Waals surface area contributed by atoms with Crippen molar-refractivity contribution in [1.82, 2.24) is 9.80 Å². The zero-order chi connectivity index (χ0) is 15.6. The zero-order valence-corrected chi connectivity index (χ0v) is 14.3. The van der Waals surface area contributed by atoms with E-state index in [0.29, 0.717) is 18.7 Å². The second-order valence-electron chi connectivity index (χ2n) is 5.91. The average molecular weight is 350 g/mol. The summed E-state index contributed by atoms with van der Waals surface area (Å²) in [6.07, 6.45) is 0. The molecule has 1 fully saturated rings. The van der Waals surface area contributed by atoms with E-state index < -0.39 is 5.54 Å². The first kappa shape index (κ1) is 16.0. The summed E-state index contributed by atoms with van der Waals surface area (Å²) in [4.78, 5) is 16.5. The van der Waals surface area contributed by atoms with Crippen LogP contribution in [0.4, 0.5) is 0 Å². The SMILES string of the molecule is Cc1ccc(C(=O)N2CCN(C(C)(C)C#N)CC2)cc1Br. The molecule has 2 rings (SSSR count). The molecule has 1 aliphatic heterocycles. The molecule has 0 atom stereocenters. The molecule has 0 saturated carbocycles. The molecular weight excluding hydrogens is 330 g/mol. The van der Waals surface area contributed by atoms with Crippen LogP contribution in [-0.2, 0) is 0 Å². The normalized spacial score (nSPS) is 16.6. The third kappa shape index (κ3) is 3.45. The molecule has 1 aromatic rings. The third-order valence-electron chi connectivity index (χ3n) is 4.05. The highest BCUT2D eigenvalue weighted by Gasteiger charge is 2.31. The number of rotatable bonds is 2. The summed E-state index contributed by atoms with van der Waals surface area (Å²) in [5.74, 6) is 0.0603. The predicted octanol–water partition coefficient (Wildman–Crippen LogP) is 2.82. The molecule has 1 aromatic carbocycles. The van der Waals surface area contributed by atoms with Crippen molar-refractivity contribution in [2.45, 2.75) is 26.3 Å². The van der Waals surface area contributed by atoms with E-state index in [9.17, 15) is 10.1 Å². The molecule has 0 spiro atoms. The van der Waals surface area contributed by atoms with Crippen molar-refractivity contribution in [2.24, 2.45) is 0 Å². The highest BCUT2D eigenvalue weighted by atomic mass is 79.9. The Morgan fingerprint density at radius 1 is 1.29 bits per heavy atom. The standard InChI is InChI=1S/C16H20BrN3O/c1-12-4-5-13(10-14(12)17)15(21)19-6-8-20(9-7-19)16(2,3)11-18/h4-5,10H,6-9H2,1-3H3. The molecule has 1 amide bonds. The van der Waals surface area contributed by atoms with Gasteiger partial charge in [-0.1, -0.05) is 22.0 Å². The number of carbonyl (C=O) groups is 1. The minimum atomic E-state index is -0.470. The van der Waals surface area contributed by atoms with Gasteiger partial charge in [-0.15, -0.1) is 0 Å². The zero-order valence-electron chi connectivity index (χ0n) is 12.7. The van der Waals surface area contributed by atoms with Crippen LogP contribution in [0.2, 0.25) is 0 Å². The molecule has 0 aliphatic carbocycles. The van der Waals surface area contributed by atoms with E-state index in [1.165, 1.54) is 0 Å². The van der Waals surface area contributed by atoms with Gasteiger partial charge in [-0.2, -0.15) is 5.26 Å². The van der Waals surface area contributed by atoms with Crippen LogP contribution in [0.25, 0.3) is 0 Å².